The maximum absolute atomic E-state index is 11.3. The van der Waals surface area contributed by atoms with Crippen LogP contribution in [0.4, 0.5) is 5.69 Å². The molecule has 2 rings (SSSR count). The number of fused-ring (bicyclic) bond motifs is 1. The molecule has 2 unspecified atom stereocenters. The van der Waals surface area contributed by atoms with Crippen molar-refractivity contribution < 1.29 is 14.7 Å². The number of carbonyl (C=O) groups is 2. The van der Waals surface area contributed by atoms with Crippen molar-refractivity contribution in [3.63, 3.8) is 0 Å². The summed E-state index contributed by atoms with van der Waals surface area (Å²) in [6.07, 6.45) is 1.59. The lowest BCUT2D eigenvalue weighted by molar-refractivity contribution is -0.141. The van der Waals surface area contributed by atoms with E-state index in [1.807, 2.05) is 18.2 Å². The van der Waals surface area contributed by atoms with E-state index in [1.54, 1.807) is 6.92 Å². The standard InChI is InChI=1S/C14H18N2O3/c1-8(14(18)19)6-11(15)9-2-4-12-10(7-9)3-5-13(17)16-12/h2,4,7-8,11H,3,5-6,15H2,1H3,(H,16,17)(H,18,19). The maximum Gasteiger partial charge on any atom is 0.306 e. The molecule has 0 radical (unpaired) electrons. The highest BCUT2D eigenvalue weighted by Crippen LogP contribution is 2.27. The van der Waals surface area contributed by atoms with E-state index in [0.717, 1.165) is 16.8 Å². The number of aryl methyl sites for hydroxylation is 1. The fourth-order valence-corrected chi connectivity index (χ4v) is 2.25. The van der Waals surface area contributed by atoms with Gasteiger partial charge in [0.15, 0.2) is 0 Å². The van der Waals surface area contributed by atoms with Crippen LogP contribution in [-0.2, 0) is 16.0 Å². The molecule has 5 nitrogen and oxygen atoms in total. The third-order valence-electron chi connectivity index (χ3n) is 3.48. The molecule has 102 valence electrons. The van der Waals surface area contributed by atoms with Crippen LogP contribution in [-0.4, -0.2) is 17.0 Å². The number of nitrogens with one attached hydrogen (secondary N) is 1. The highest BCUT2D eigenvalue weighted by Gasteiger charge is 2.19. The summed E-state index contributed by atoms with van der Waals surface area (Å²) < 4.78 is 0. The Labute approximate surface area is 111 Å². The van der Waals surface area contributed by atoms with E-state index in [4.69, 9.17) is 10.8 Å². The average Bonchev–Trinajstić information content (AvgIpc) is 2.37. The predicted molar refractivity (Wildman–Crippen MR) is 71.7 cm³/mol. The van der Waals surface area contributed by atoms with Gasteiger partial charge in [-0.1, -0.05) is 19.1 Å². The maximum atomic E-state index is 11.3. The van der Waals surface area contributed by atoms with E-state index in [1.165, 1.54) is 0 Å². The fourth-order valence-electron chi connectivity index (χ4n) is 2.25. The van der Waals surface area contributed by atoms with Crippen LogP contribution in [0.25, 0.3) is 0 Å². The third kappa shape index (κ3) is 3.12. The van der Waals surface area contributed by atoms with Crippen LogP contribution < -0.4 is 11.1 Å². The number of carbonyl (C=O) groups excluding carboxylic acids is 1. The molecule has 19 heavy (non-hydrogen) atoms. The topological polar surface area (TPSA) is 92.4 Å². The second-order valence-electron chi connectivity index (χ2n) is 5.05. The highest BCUT2D eigenvalue weighted by molar-refractivity contribution is 5.93. The number of carboxylic acid groups (broad SMARTS) is 1. The van der Waals surface area contributed by atoms with Crippen molar-refractivity contribution in [3.8, 4) is 0 Å². The first-order valence-corrected chi connectivity index (χ1v) is 6.38. The summed E-state index contributed by atoms with van der Waals surface area (Å²) >= 11 is 0. The van der Waals surface area contributed by atoms with Gasteiger partial charge in [0.05, 0.1) is 5.92 Å². The van der Waals surface area contributed by atoms with Gasteiger partial charge < -0.3 is 16.2 Å². The first-order chi connectivity index (χ1) is 8.97. The Morgan fingerprint density at radius 2 is 2.21 bits per heavy atom. The molecular weight excluding hydrogens is 244 g/mol. The van der Waals surface area contributed by atoms with Crippen LogP contribution in [0.3, 0.4) is 0 Å². The van der Waals surface area contributed by atoms with E-state index in [-0.39, 0.29) is 11.9 Å². The van der Waals surface area contributed by atoms with Crippen LogP contribution in [0.2, 0.25) is 0 Å². The highest BCUT2D eigenvalue weighted by atomic mass is 16.4. The SMILES string of the molecule is CC(CC(N)c1ccc2c(c1)CCC(=O)N2)C(=O)O. The molecule has 5 heteroatoms. The number of benzene rings is 1. The largest absolute Gasteiger partial charge is 0.481 e. The Morgan fingerprint density at radius 3 is 2.89 bits per heavy atom. The zero-order valence-electron chi connectivity index (χ0n) is 10.8. The van der Waals surface area contributed by atoms with Crippen molar-refractivity contribution >= 4 is 17.6 Å². The smallest absolute Gasteiger partial charge is 0.306 e. The number of anilines is 1. The van der Waals surface area contributed by atoms with Crippen LogP contribution in [0, 0.1) is 5.92 Å². The Hall–Kier alpha value is -1.88. The van der Waals surface area contributed by atoms with Crippen molar-refractivity contribution in [3.05, 3.63) is 29.3 Å². The van der Waals surface area contributed by atoms with Crippen molar-refractivity contribution in [1.29, 1.82) is 0 Å². The van der Waals surface area contributed by atoms with Gasteiger partial charge in [0.25, 0.3) is 0 Å². The second kappa shape index (κ2) is 5.40. The van der Waals surface area contributed by atoms with E-state index < -0.39 is 11.9 Å². The van der Waals surface area contributed by atoms with Gasteiger partial charge >= 0.3 is 5.97 Å². The van der Waals surface area contributed by atoms with Gasteiger partial charge in [-0.25, -0.2) is 0 Å². The number of aliphatic carboxylic acids is 1. The minimum Gasteiger partial charge on any atom is -0.481 e. The molecule has 4 N–H and O–H groups in total. The monoisotopic (exact) mass is 262 g/mol. The quantitative estimate of drug-likeness (QED) is 0.769. The third-order valence-corrected chi connectivity index (χ3v) is 3.48. The molecule has 1 aromatic rings. The number of carboxylic acids is 1. The van der Waals surface area contributed by atoms with Crippen molar-refractivity contribution in [2.24, 2.45) is 11.7 Å². The first kappa shape index (κ1) is 13.5. The zero-order valence-corrected chi connectivity index (χ0v) is 10.8. The lowest BCUT2D eigenvalue weighted by Gasteiger charge is -2.20. The molecule has 1 amide bonds. The molecule has 0 saturated carbocycles. The van der Waals surface area contributed by atoms with Gasteiger partial charge in [-0.15, -0.1) is 0 Å². The molecule has 0 aliphatic carbocycles. The van der Waals surface area contributed by atoms with Crippen LogP contribution in [0.5, 0.6) is 0 Å². The molecule has 0 fully saturated rings. The van der Waals surface area contributed by atoms with Gasteiger partial charge in [0, 0.05) is 18.2 Å². The van der Waals surface area contributed by atoms with Gasteiger partial charge in [-0.3, -0.25) is 9.59 Å². The molecule has 0 saturated heterocycles. The zero-order chi connectivity index (χ0) is 14.0. The summed E-state index contributed by atoms with van der Waals surface area (Å²) in [5, 5.41) is 11.7. The summed E-state index contributed by atoms with van der Waals surface area (Å²) in [7, 11) is 0. The number of rotatable bonds is 4. The van der Waals surface area contributed by atoms with Crippen LogP contribution in [0.1, 0.15) is 36.9 Å². The van der Waals surface area contributed by atoms with Crippen molar-refractivity contribution in [2.75, 3.05) is 5.32 Å². The van der Waals surface area contributed by atoms with Gasteiger partial charge in [0.2, 0.25) is 5.91 Å². The fraction of sp³-hybridized carbons (Fsp3) is 0.429. The number of hydrogen-bond acceptors (Lipinski definition) is 3. The molecule has 0 aromatic heterocycles. The van der Waals surface area contributed by atoms with E-state index >= 15 is 0 Å². The molecular formula is C14H18N2O3. The predicted octanol–water partition coefficient (Wildman–Crippen LogP) is 1.68. The lowest BCUT2D eigenvalue weighted by Crippen LogP contribution is -2.21. The molecule has 2 atom stereocenters. The minimum atomic E-state index is -0.833. The molecule has 1 aliphatic heterocycles. The van der Waals surface area contributed by atoms with Gasteiger partial charge in [-0.05, 0) is 30.0 Å². The summed E-state index contributed by atoms with van der Waals surface area (Å²) in [4.78, 5) is 22.1. The summed E-state index contributed by atoms with van der Waals surface area (Å²) in [5.74, 6) is -1.27. The number of hydrogen-bond donors (Lipinski definition) is 3. The van der Waals surface area contributed by atoms with E-state index in [9.17, 15) is 9.59 Å². The Kier molecular flexibility index (Phi) is 3.85. The summed E-state index contributed by atoms with van der Waals surface area (Å²) in [5.41, 5.74) is 8.86. The number of amides is 1. The van der Waals surface area contributed by atoms with Crippen molar-refractivity contribution in [1.82, 2.24) is 0 Å². The normalized spacial score (nSPS) is 17.3. The first-order valence-electron chi connectivity index (χ1n) is 6.38. The van der Waals surface area contributed by atoms with E-state index in [0.29, 0.717) is 19.3 Å². The molecule has 1 aliphatic rings. The number of nitrogens with two attached hydrogens (primary N) is 1. The molecule has 1 heterocycles. The molecule has 0 bridgehead atoms. The molecule has 1 aromatic carbocycles. The minimum absolute atomic E-state index is 0.0315. The molecule has 0 spiro atoms. The Bertz CT molecular complexity index is 513. The van der Waals surface area contributed by atoms with Crippen molar-refractivity contribution in [2.45, 2.75) is 32.2 Å². The Balaban J connectivity index is 2.13. The Morgan fingerprint density at radius 1 is 1.47 bits per heavy atom. The van der Waals surface area contributed by atoms with Gasteiger partial charge in [0.1, 0.15) is 0 Å². The summed E-state index contributed by atoms with van der Waals surface area (Å²) in [6.45, 7) is 1.65. The summed E-state index contributed by atoms with van der Waals surface area (Å²) in [6, 6.07) is 5.36. The van der Waals surface area contributed by atoms with Crippen LogP contribution in [0.15, 0.2) is 18.2 Å². The average molecular weight is 262 g/mol. The lowest BCUT2D eigenvalue weighted by atomic mass is 9.93. The van der Waals surface area contributed by atoms with Crippen LogP contribution >= 0.6 is 0 Å². The second-order valence-corrected chi connectivity index (χ2v) is 5.05. The van der Waals surface area contributed by atoms with Gasteiger partial charge in [-0.2, -0.15) is 0 Å². The van der Waals surface area contributed by atoms with E-state index in [2.05, 4.69) is 5.32 Å².